The summed E-state index contributed by atoms with van der Waals surface area (Å²) < 4.78 is 0. The van der Waals surface area contributed by atoms with Crippen LogP contribution in [0.4, 0.5) is 0 Å². The van der Waals surface area contributed by atoms with Crippen LogP contribution >= 0.6 is 0 Å². The fourth-order valence-corrected chi connectivity index (χ4v) is 2.37. The fourth-order valence-electron chi connectivity index (χ4n) is 2.37. The van der Waals surface area contributed by atoms with Gasteiger partial charge < -0.3 is 10.4 Å². The monoisotopic (exact) mass is 379 g/mol. The number of hydrogen-bond acceptors (Lipinski definition) is 3. The third-order valence-corrected chi connectivity index (χ3v) is 4.31. The summed E-state index contributed by atoms with van der Waals surface area (Å²) in [7, 11) is 1.52. The second kappa shape index (κ2) is 11.5. The first kappa shape index (κ1) is 22.9. The maximum atomic E-state index is 10.6. The molecule has 28 heavy (non-hydrogen) atoms. The van der Waals surface area contributed by atoms with E-state index in [1.165, 1.54) is 25.1 Å². The van der Waals surface area contributed by atoms with Gasteiger partial charge >= 0.3 is 0 Å². The number of ketones is 1. The van der Waals surface area contributed by atoms with Crippen molar-refractivity contribution in [2.75, 3.05) is 7.05 Å². The summed E-state index contributed by atoms with van der Waals surface area (Å²) in [4.78, 5) is 21.1. The van der Waals surface area contributed by atoms with Crippen molar-refractivity contribution >= 4 is 22.5 Å². The molecule has 4 heteroatoms. The topological polar surface area (TPSA) is 66.4 Å². The number of carbonyl (C=O) groups excluding carboxylic acids is 2. The molecule has 0 fully saturated rings. The lowest BCUT2D eigenvalue weighted by Gasteiger charge is -2.03. The second-order valence-corrected chi connectivity index (χ2v) is 6.55. The van der Waals surface area contributed by atoms with Crippen LogP contribution in [0.1, 0.15) is 25.0 Å². The van der Waals surface area contributed by atoms with E-state index in [0.717, 1.165) is 10.8 Å². The zero-order valence-corrected chi connectivity index (χ0v) is 17.2. The first-order chi connectivity index (χ1) is 13.3. The van der Waals surface area contributed by atoms with Crippen molar-refractivity contribution < 1.29 is 14.7 Å². The number of Topliss-reactive ketones (excluding diaryl/α,β-unsaturated/α-hetero) is 1. The van der Waals surface area contributed by atoms with Crippen LogP contribution in [0.3, 0.4) is 0 Å². The Morgan fingerprint density at radius 2 is 1.39 bits per heavy atom. The summed E-state index contributed by atoms with van der Waals surface area (Å²) >= 11 is 0. The van der Waals surface area contributed by atoms with Crippen LogP contribution in [0.25, 0.3) is 10.8 Å². The number of aryl methyl sites for hydroxylation is 2. The Balaban J connectivity index is 0.000000219. The van der Waals surface area contributed by atoms with Gasteiger partial charge in [0.25, 0.3) is 0 Å². The second-order valence-electron chi connectivity index (χ2n) is 6.55. The summed E-state index contributed by atoms with van der Waals surface area (Å²) in [5.41, 5.74) is 2.52. The van der Waals surface area contributed by atoms with Gasteiger partial charge in [-0.1, -0.05) is 66.2 Å². The van der Waals surface area contributed by atoms with Gasteiger partial charge in [0.05, 0.1) is 5.92 Å². The molecule has 0 radical (unpaired) electrons. The number of nitrogens with one attached hydrogen (secondary N) is 1. The number of rotatable bonds is 2. The molecule has 0 aliphatic heterocycles. The van der Waals surface area contributed by atoms with Crippen LogP contribution in [0.15, 0.2) is 66.7 Å². The van der Waals surface area contributed by atoms with Crippen molar-refractivity contribution in [2.24, 2.45) is 5.92 Å². The van der Waals surface area contributed by atoms with Crippen LogP contribution in [-0.4, -0.2) is 23.8 Å². The Bertz CT molecular complexity index is 864. The minimum absolute atomic E-state index is 0.102. The van der Waals surface area contributed by atoms with E-state index >= 15 is 0 Å². The molecule has 4 nitrogen and oxygen atoms in total. The molecule has 1 amide bonds. The Kier molecular flexibility index (Phi) is 9.44. The van der Waals surface area contributed by atoms with Crippen molar-refractivity contribution in [3.8, 4) is 5.75 Å². The average molecular weight is 380 g/mol. The highest BCUT2D eigenvalue weighted by Gasteiger charge is 2.14. The molecule has 3 aromatic rings. The van der Waals surface area contributed by atoms with E-state index < -0.39 is 5.92 Å². The van der Waals surface area contributed by atoms with Gasteiger partial charge in [-0.15, -0.1) is 0 Å². The number of benzene rings is 3. The minimum atomic E-state index is -0.505. The minimum Gasteiger partial charge on any atom is -0.507 e. The lowest BCUT2D eigenvalue weighted by molar-refractivity contribution is -0.131. The Morgan fingerprint density at radius 3 is 1.79 bits per heavy atom. The molecule has 0 heterocycles. The van der Waals surface area contributed by atoms with Crippen molar-refractivity contribution in [2.45, 2.75) is 27.7 Å². The van der Waals surface area contributed by atoms with Crippen LogP contribution in [0.5, 0.6) is 5.75 Å². The molecular formula is C24H29NO3. The number of aromatic hydroxyl groups is 1. The van der Waals surface area contributed by atoms with Gasteiger partial charge in [0.2, 0.25) is 5.91 Å². The molecule has 0 spiro atoms. The quantitative estimate of drug-likeness (QED) is 0.628. The molecule has 0 bridgehead atoms. The number of carbonyl (C=O) groups is 2. The molecule has 0 aliphatic rings. The van der Waals surface area contributed by atoms with Crippen molar-refractivity contribution in [3.05, 3.63) is 77.9 Å². The third-order valence-electron chi connectivity index (χ3n) is 4.31. The Hall–Kier alpha value is -3.14. The lowest BCUT2D eigenvalue weighted by Crippen LogP contribution is -2.29. The summed E-state index contributed by atoms with van der Waals surface area (Å²) in [5.74, 6) is -0.469. The van der Waals surface area contributed by atoms with Gasteiger partial charge in [-0.2, -0.15) is 0 Å². The zero-order valence-electron chi connectivity index (χ0n) is 17.2. The molecule has 3 rings (SSSR count). The van der Waals surface area contributed by atoms with E-state index in [4.69, 9.17) is 0 Å². The van der Waals surface area contributed by atoms with Crippen LogP contribution < -0.4 is 5.32 Å². The first-order valence-electron chi connectivity index (χ1n) is 9.19. The summed E-state index contributed by atoms with van der Waals surface area (Å²) in [6, 6.07) is 21.8. The van der Waals surface area contributed by atoms with Crippen molar-refractivity contribution in [1.82, 2.24) is 5.32 Å². The highest BCUT2D eigenvalue weighted by molar-refractivity contribution is 5.99. The smallest absolute Gasteiger partial charge is 0.230 e. The van der Waals surface area contributed by atoms with Gasteiger partial charge in [0.15, 0.2) is 0 Å². The molecular weight excluding hydrogens is 350 g/mol. The van der Waals surface area contributed by atoms with Gasteiger partial charge in [0, 0.05) is 12.4 Å². The van der Waals surface area contributed by atoms with Crippen molar-refractivity contribution in [1.29, 1.82) is 0 Å². The molecule has 0 saturated heterocycles. The number of amides is 1. The standard InChI is InChI=1S/C11H10O.C7H8.C6H11NO2/c1-8-6-7-11(12)10-5-3-2-4-9(8)10;1-7-5-3-2-4-6-7;1-4(5(2)8)6(9)7-3/h2-7,12H,1H3;2-6H,1H3;4H,1-3H3,(H,7,9). The number of phenolic OH excluding ortho intramolecular Hbond substituents is 1. The van der Waals surface area contributed by atoms with Gasteiger partial charge in [0.1, 0.15) is 11.5 Å². The Labute approximate surface area is 167 Å². The average Bonchev–Trinajstić information content (AvgIpc) is 2.71. The molecule has 0 aliphatic carbocycles. The van der Waals surface area contributed by atoms with E-state index in [-0.39, 0.29) is 11.7 Å². The molecule has 2 N–H and O–H groups in total. The van der Waals surface area contributed by atoms with Gasteiger partial charge in [-0.3, -0.25) is 9.59 Å². The molecule has 0 aromatic heterocycles. The van der Waals surface area contributed by atoms with Gasteiger partial charge in [-0.05, 0) is 44.7 Å². The van der Waals surface area contributed by atoms with E-state index in [1.54, 1.807) is 13.0 Å². The highest BCUT2D eigenvalue weighted by Crippen LogP contribution is 2.26. The molecule has 1 atom stereocenters. The molecule has 148 valence electrons. The van der Waals surface area contributed by atoms with Gasteiger partial charge in [-0.25, -0.2) is 0 Å². The van der Waals surface area contributed by atoms with Crippen LogP contribution in [-0.2, 0) is 9.59 Å². The maximum Gasteiger partial charge on any atom is 0.230 e. The molecule has 3 aromatic carbocycles. The van der Waals surface area contributed by atoms with Crippen LogP contribution in [0, 0.1) is 19.8 Å². The number of fused-ring (bicyclic) bond motifs is 1. The predicted octanol–water partition coefficient (Wildman–Crippen LogP) is 4.81. The largest absolute Gasteiger partial charge is 0.507 e. The highest BCUT2D eigenvalue weighted by atomic mass is 16.3. The summed E-state index contributed by atoms with van der Waals surface area (Å²) in [6.07, 6.45) is 0. The lowest BCUT2D eigenvalue weighted by atomic mass is 10.1. The van der Waals surface area contributed by atoms with Crippen molar-refractivity contribution in [3.63, 3.8) is 0 Å². The van der Waals surface area contributed by atoms with E-state index in [0.29, 0.717) is 5.75 Å². The summed E-state index contributed by atoms with van der Waals surface area (Å²) in [5, 5.41) is 13.9. The van der Waals surface area contributed by atoms with E-state index in [2.05, 4.69) is 24.4 Å². The fraction of sp³-hybridized carbons (Fsp3) is 0.250. The molecule has 0 saturated carbocycles. The number of phenols is 1. The predicted molar refractivity (Wildman–Crippen MR) is 115 cm³/mol. The summed E-state index contributed by atoms with van der Waals surface area (Å²) in [6.45, 7) is 7.11. The third kappa shape index (κ3) is 7.23. The van der Waals surface area contributed by atoms with E-state index in [9.17, 15) is 14.7 Å². The Morgan fingerprint density at radius 1 is 0.857 bits per heavy atom. The van der Waals surface area contributed by atoms with Crippen LogP contribution in [0.2, 0.25) is 0 Å². The first-order valence-corrected chi connectivity index (χ1v) is 9.19. The number of hydrogen-bond donors (Lipinski definition) is 2. The maximum absolute atomic E-state index is 10.6. The normalized spacial score (nSPS) is 10.6. The molecule has 1 unspecified atom stereocenters. The van der Waals surface area contributed by atoms with E-state index in [1.807, 2.05) is 55.5 Å². The SMILES string of the molecule is CNC(=O)C(C)C(C)=O.Cc1ccc(O)c2ccccc12.Cc1ccccc1. The zero-order chi connectivity index (χ0) is 21.1.